The molecule has 37 heavy (non-hydrogen) atoms. The van der Waals surface area contributed by atoms with Gasteiger partial charge >= 0.3 is 5.97 Å². The topological polar surface area (TPSA) is 129 Å². The summed E-state index contributed by atoms with van der Waals surface area (Å²) in [5.41, 5.74) is -1.06. The van der Waals surface area contributed by atoms with Gasteiger partial charge in [-0.15, -0.1) is 0 Å². The van der Waals surface area contributed by atoms with Crippen LogP contribution in [0, 0.1) is 39.4 Å². The summed E-state index contributed by atoms with van der Waals surface area (Å²) in [5.74, 6) is -2.71. The molecule has 7 nitrogen and oxygen atoms in total. The van der Waals surface area contributed by atoms with E-state index in [4.69, 9.17) is 5.11 Å². The minimum absolute atomic E-state index is 0.0321. The van der Waals surface area contributed by atoms with Crippen LogP contribution in [-0.2, 0) is 19.2 Å². The third kappa shape index (κ3) is 3.75. The van der Waals surface area contributed by atoms with Crippen molar-refractivity contribution in [2.75, 3.05) is 0 Å². The highest BCUT2D eigenvalue weighted by molar-refractivity contribution is 6.05. The van der Waals surface area contributed by atoms with Gasteiger partial charge in [-0.1, -0.05) is 40.2 Å². The molecule has 4 aliphatic rings. The third-order valence-electron chi connectivity index (χ3n) is 11.2. The number of allylic oxidation sites excluding steroid dienone is 3. The molecule has 3 N–H and O–H groups in total. The van der Waals surface area contributed by atoms with E-state index in [1.54, 1.807) is 6.92 Å². The predicted molar refractivity (Wildman–Crippen MR) is 137 cm³/mol. The molecule has 0 aliphatic heterocycles. The molecule has 0 bridgehead atoms. The van der Waals surface area contributed by atoms with Crippen LogP contribution in [0.1, 0.15) is 87.0 Å². The van der Waals surface area contributed by atoms with Crippen LogP contribution in [0.4, 0.5) is 0 Å². The zero-order valence-electron chi connectivity index (χ0n) is 23.2. The Hall–Kier alpha value is -2.12. The average molecular weight is 515 g/mol. The molecule has 0 radical (unpaired) electrons. The summed E-state index contributed by atoms with van der Waals surface area (Å²) in [6.07, 6.45) is 1.71. The van der Waals surface area contributed by atoms with Crippen LogP contribution in [0.25, 0.3) is 0 Å². The van der Waals surface area contributed by atoms with Gasteiger partial charge in [0.15, 0.2) is 11.6 Å². The molecule has 0 aromatic carbocycles. The fraction of sp³-hybridized carbons (Fsp3) is 0.733. The zero-order valence-corrected chi connectivity index (χ0v) is 23.2. The summed E-state index contributed by atoms with van der Waals surface area (Å²) < 4.78 is 0. The van der Waals surface area contributed by atoms with Crippen molar-refractivity contribution in [2.45, 2.75) is 99.2 Å². The Morgan fingerprint density at radius 2 is 1.73 bits per heavy atom. The number of carboxylic acids is 1. The molecule has 0 amide bonds. The van der Waals surface area contributed by atoms with Gasteiger partial charge < -0.3 is 15.3 Å². The van der Waals surface area contributed by atoms with E-state index in [-0.39, 0.29) is 48.4 Å². The molecule has 204 valence electrons. The molecule has 2 fully saturated rings. The SMILES string of the molecule is C/C(=C\C(=O)CC(C)C(=O)O)[C@H]1CC(=O)[C@@]2(C)C3=C(C(=O)C[C@]12C)[C@@]1(C)CC[C@H](O)C(C)(C)C1C[C@@H]3O. The Balaban J connectivity index is 1.80. The van der Waals surface area contributed by atoms with E-state index >= 15 is 0 Å². The first-order valence-corrected chi connectivity index (χ1v) is 13.5. The number of aliphatic carboxylic acids is 1. The second kappa shape index (κ2) is 8.70. The smallest absolute Gasteiger partial charge is 0.306 e. The average Bonchev–Trinajstić information content (AvgIpc) is 2.99. The number of carbonyl (C=O) groups is 4. The first-order chi connectivity index (χ1) is 16.9. The van der Waals surface area contributed by atoms with Crippen molar-refractivity contribution in [1.82, 2.24) is 0 Å². The van der Waals surface area contributed by atoms with E-state index in [9.17, 15) is 29.4 Å². The van der Waals surface area contributed by atoms with Crippen LogP contribution in [0.3, 0.4) is 0 Å². The first-order valence-electron chi connectivity index (χ1n) is 13.5. The van der Waals surface area contributed by atoms with Gasteiger partial charge in [0.25, 0.3) is 0 Å². The lowest BCUT2D eigenvalue weighted by molar-refractivity contribution is -0.143. The number of hydrogen-bond donors (Lipinski definition) is 3. The van der Waals surface area contributed by atoms with Gasteiger partial charge in [0.1, 0.15) is 5.78 Å². The normalized spacial score (nSPS) is 42.1. The van der Waals surface area contributed by atoms with Gasteiger partial charge in [-0.2, -0.15) is 0 Å². The molecule has 0 saturated heterocycles. The van der Waals surface area contributed by atoms with Crippen molar-refractivity contribution >= 4 is 23.3 Å². The number of carboxylic acid groups (broad SMARTS) is 1. The molecule has 0 spiro atoms. The number of Topliss-reactive ketones (excluding diaryl/α,β-unsaturated/α-hetero) is 2. The number of aliphatic hydroxyl groups is 2. The lowest BCUT2D eigenvalue weighted by Gasteiger charge is -2.61. The van der Waals surface area contributed by atoms with Crippen LogP contribution in [0.2, 0.25) is 0 Å². The number of hydrogen-bond acceptors (Lipinski definition) is 6. The van der Waals surface area contributed by atoms with Crippen LogP contribution in [0.5, 0.6) is 0 Å². The molecule has 8 atom stereocenters. The molecular formula is C30H42O7. The Morgan fingerprint density at radius 3 is 2.32 bits per heavy atom. The highest BCUT2D eigenvalue weighted by atomic mass is 16.4. The second-order valence-electron chi connectivity index (χ2n) is 13.5. The molecule has 2 unspecified atom stereocenters. The monoisotopic (exact) mass is 514 g/mol. The highest BCUT2D eigenvalue weighted by Gasteiger charge is 2.69. The zero-order chi connectivity index (χ0) is 27.9. The van der Waals surface area contributed by atoms with Gasteiger partial charge in [-0.3, -0.25) is 19.2 Å². The van der Waals surface area contributed by atoms with E-state index in [2.05, 4.69) is 6.92 Å². The maximum absolute atomic E-state index is 14.0. The summed E-state index contributed by atoms with van der Waals surface area (Å²) in [7, 11) is 0. The predicted octanol–water partition coefficient (Wildman–Crippen LogP) is 4.05. The minimum Gasteiger partial charge on any atom is -0.481 e. The Labute approximate surface area is 219 Å². The summed E-state index contributed by atoms with van der Waals surface area (Å²) in [4.78, 5) is 51.7. The minimum atomic E-state index is -1.05. The standard InChI is InChI=1S/C30H42O7/c1-15(10-17(31)11-16(2)26(36)37)18-12-23(35)30(7)25-19(32)13-21-27(3,4)22(34)8-9-28(21,5)24(25)20(33)14-29(18,30)6/h10,16,18-19,21-22,32,34H,8-9,11-14H2,1-7H3,(H,36,37)/b15-10+/t16?,18-,19+,21?,22+,28+,29-,30+/m1/s1. The van der Waals surface area contributed by atoms with Crippen LogP contribution >= 0.6 is 0 Å². The lowest BCUT2D eigenvalue weighted by Crippen LogP contribution is -2.60. The third-order valence-corrected chi connectivity index (χ3v) is 11.2. The summed E-state index contributed by atoms with van der Waals surface area (Å²) in [5, 5.41) is 31.5. The first kappa shape index (κ1) is 27.9. The largest absolute Gasteiger partial charge is 0.481 e. The van der Waals surface area contributed by atoms with Gasteiger partial charge in [0.2, 0.25) is 0 Å². The lowest BCUT2D eigenvalue weighted by atomic mass is 9.42. The van der Waals surface area contributed by atoms with E-state index in [0.717, 1.165) is 0 Å². The van der Waals surface area contributed by atoms with E-state index in [1.165, 1.54) is 13.0 Å². The quantitative estimate of drug-likeness (QED) is 0.472. The second-order valence-corrected chi connectivity index (χ2v) is 13.5. The maximum Gasteiger partial charge on any atom is 0.306 e. The van der Waals surface area contributed by atoms with Crippen molar-refractivity contribution in [3.63, 3.8) is 0 Å². The van der Waals surface area contributed by atoms with Crippen molar-refractivity contribution in [1.29, 1.82) is 0 Å². The van der Waals surface area contributed by atoms with E-state index in [0.29, 0.717) is 36.0 Å². The van der Waals surface area contributed by atoms with Gasteiger partial charge in [0, 0.05) is 24.8 Å². The van der Waals surface area contributed by atoms with Crippen LogP contribution in [-0.4, -0.2) is 50.8 Å². The molecule has 4 aliphatic carbocycles. The number of carbonyl (C=O) groups excluding carboxylic acids is 3. The molecule has 0 heterocycles. The van der Waals surface area contributed by atoms with Crippen LogP contribution < -0.4 is 0 Å². The van der Waals surface area contributed by atoms with Crippen molar-refractivity contribution < 1.29 is 34.5 Å². The number of rotatable bonds is 5. The van der Waals surface area contributed by atoms with Gasteiger partial charge in [-0.05, 0) is 72.8 Å². The fourth-order valence-electron chi connectivity index (χ4n) is 8.69. The molecule has 4 rings (SSSR count). The molecule has 2 saturated carbocycles. The van der Waals surface area contributed by atoms with Gasteiger partial charge in [0.05, 0.1) is 23.5 Å². The van der Waals surface area contributed by atoms with E-state index in [1.807, 2.05) is 27.7 Å². The Bertz CT molecular complexity index is 1130. The highest BCUT2D eigenvalue weighted by Crippen LogP contribution is 2.70. The Morgan fingerprint density at radius 1 is 1.11 bits per heavy atom. The maximum atomic E-state index is 14.0. The van der Waals surface area contributed by atoms with Gasteiger partial charge in [-0.25, -0.2) is 0 Å². The summed E-state index contributed by atoms with van der Waals surface area (Å²) in [6, 6.07) is 0. The van der Waals surface area contributed by atoms with E-state index < -0.39 is 45.8 Å². The number of fused-ring (bicyclic) bond motifs is 4. The molecule has 0 aromatic rings. The molecule has 0 aromatic heterocycles. The van der Waals surface area contributed by atoms with Crippen LogP contribution in [0.15, 0.2) is 22.8 Å². The Kier molecular flexibility index (Phi) is 6.56. The van der Waals surface area contributed by atoms with Crippen molar-refractivity contribution in [3.8, 4) is 0 Å². The number of ketones is 3. The molecule has 7 heteroatoms. The summed E-state index contributed by atoms with van der Waals surface area (Å²) >= 11 is 0. The number of aliphatic hydroxyl groups excluding tert-OH is 2. The van der Waals surface area contributed by atoms with Crippen molar-refractivity contribution in [2.24, 2.45) is 39.4 Å². The summed E-state index contributed by atoms with van der Waals surface area (Å²) in [6.45, 7) is 13.1. The molecular weight excluding hydrogens is 472 g/mol. The van der Waals surface area contributed by atoms with Crippen molar-refractivity contribution in [3.05, 3.63) is 22.8 Å². The fourth-order valence-corrected chi connectivity index (χ4v) is 8.69.